The number of aliphatic carboxylic acids is 1. The van der Waals surface area contributed by atoms with E-state index in [1.165, 1.54) is 12.5 Å². The van der Waals surface area contributed by atoms with E-state index < -0.39 is 60.2 Å². The van der Waals surface area contributed by atoms with Crippen molar-refractivity contribution >= 4 is 41.5 Å². The van der Waals surface area contributed by atoms with E-state index in [0.717, 1.165) is 0 Å². The normalized spacial score (nSPS) is 13.5. The van der Waals surface area contributed by atoms with Crippen LogP contribution in [0.25, 0.3) is 0 Å². The smallest absolute Gasteiger partial charge is 0.326 e. The first-order valence-electron chi connectivity index (χ1n) is 12.6. The fourth-order valence-electron chi connectivity index (χ4n) is 3.49. The molecule has 4 amide bonds. The highest BCUT2D eigenvalue weighted by atomic mass is 16.4. The maximum absolute atomic E-state index is 13.3. The van der Waals surface area contributed by atoms with Gasteiger partial charge in [-0.1, -0.05) is 0 Å². The second-order valence-electron chi connectivity index (χ2n) is 8.98. The van der Waals surface area contributed by atoms with Crippen molar-refractivity contribution in [1.29, 1.82) is 0 Å². The molecular weight excluding hydrogens is 542 g/mol. The van der Waals surface area contributed by atoms with Crippen LogP contribution in [-0.2, 0) is 30.4 Å². The molecule has 17 N–H and O–H groups in total. The molecule has 41 heavy (non-hydrogen) atoms. The first-order chi connectivity index (χ1) is 19.3. The molecule has 0 aliphatic heterocycles. The molecule has 0 radical (unpaired) electrons. The largest absolute Gasteiger partial charge is 0.480 e. The quantitative estimate of drug-likeness (QED) is 0.0414. The van der Waals surface area contributed by atoms with Gasteiger partial charge in [-0.3, -0.25) is 29.2 Å². The van der Waals surface area contributed by atoms with E-state index in [-0.39, 0.29) is 57.1 Å². The number of carboxylic acids is 1. The van der Waals surface area contributed by atoms with E-state index in [2.05, 4.69) is 35.9 Å². The summed E-state index contributed by atoms with van der Waals surface area (Å²) in [7, 11) is 0. The maximum Gasteiger partial charge on any atom is 0.326 e. The van der Waals surface area contributed by atoms with Gasteiger partial charge in [-0.05, 0) is 25.7 Å². The molecule has 0 fully saturated rings. The predicted octanol–water partition coefficient (Wildman–Crippen LogP) is -5.20. The maximum atomic E-state index is 13.3. The van der Waals surface area contributed by atoms with Crippen molar-refractivity contribution in [3.63, 3.8) is 0 Å². The number of aliphatic imine (C=N–C) groups is 2. The Hall–Kier alpha value is -4.94. The highest BCUT2D eigenvalue weighted by molar-refractivity contribution is 5.95. The summed E-state index contributed by atoms with van der Waals surface area (Å²) in [6.45, 7) is 0.271. The summed E-state index contributed by atoms with van der Waals surface area (Å²) in [5, 5.41) is 17.0. The number of primary amides is 1. The van der Waals surface area contributed by atoms with Crippen molar-refractivity contribution < 1.29 is 29.1 Å². The number of carbonyl (C=O) groups excluding carboxylic acids is 4. The van der Waals surface area contributed by atoms with Gasteiger partial charge in [0.15, 0.2) is 11.9 Å². The first-order valence-corrected chi connectivity index (χ1v) is 12.6. The molecule has 1 rings (SSSR count). The zero-order chi connectivity index (χ0) is 30.9. The lowest BCUT2D eigenvalue weighted by atomic mass is 10.1. The molecule has 19 nitrogen and oxygen atoms in total. The van der Waals surface area contributed by atoms with Gasteiger partial charge in [0.2, 0.25) is 23.6 Å². The molecule has 4 atom stereocenters. The summed E-state index contributed by atoms with van der Waals surface area (Å²) < 4.78 is 0. The second-order valence-corrected chi connectivity index (χ2v) is 8.98. The first kappa shape index (κ1) is 34.1. The summed E-state index contributed by atoms with van der Waals surface area (Å²) in [5.41, 5.74) is 32.5. The molecule has 0 saturated carbocycles. The Morgan fingerprint density at radius 3 is 1.83 bits per heavy atom. The van der Waals surface area contributed by atoms with Crippen molar-refractivity contribution in [2.24, 2.45) is 44.4 Å². The van der Waals surface area contributed by atoms with Gasteiger partial charge in [0, 0.05) is 31.4 Å². The average molecular weight is 582 g/mol. The Morgan fingerprint density at radius 2 is 1.34 bits per heavy atom. The second kappa shape index (κ2) is 17.6. The lowest BCUT2D eigenvalue weighted by Crippen LogP contribution is -2.57. The van der Waals surface area contributed by atoms with Crippen LogP contribution >= 0.6 is 0 Å². The van der Waals surface area contributed by atoms with Gasteiger partial charge in [0.25, 0.3) is 0 Å². The lowest BCUT2D eigenvalue weighted by molar-refractivity contribution is -0.142. The number of nitrogens with one attached hydrogen (secondary N) is 4. The number of guanidine groups is 2. The van der Waals surface area contributed by atoms with E-state index in [1.807, 2.05) is 0 Å². The summed E-state index contributed by atoms with van der Waals surface area (Å²) in [6, 6.07) is -5.12. The Balaban J connectivity index is 3.09. The van der Waals surface area contributed by atoms with E-state index in [1.54, 1.807) is 0 Å². The van der Waals surface area contributed by atoms with Crippen LogP contribution in [0.5, 0.6) is 0 Å². The molecule has 228 valence electrons. The van der Waals surface area contributed by atoms with Crippen LogP contribution in [0.15, 0.2) is 22.5 Å². The third kappa shape index (κ3) is 14.1. The van der Waals surface area contributed by atoms with Gasteiger partial charge in [-0.15, -0.1) is 0 Å². The number of imidazole rings is 1. The number of rotatable bonds is 19. The van der Waals surface area contributed by atoms with Crippen LogP contribution in [0, 0.1) is 0 Å². The fraction of sp³-hybridized carbons (Fsp3) is 0.545. The minimum atomic E-state index is -1.32. The number of nitrogens with two attached hydrogens (primary N) is 6. The minimum Gasteiger partial charge on any atom is -0.480 e. The highest BCUT2D eigenvalue weighted by Gasteiger charge is 2.30. The van der Waals surface area contributed by atoms with E-state index >= 15 is 0 Å². The standard InChI is InChI=1S/C22H39N13O6/c23-12(8-16(24)36)17(37)35-15(7-11-9-29-10-32-11)19(39)33-13(3-1-5-30-21(25)26)18(38)34-14(20(40)41)4-2-6-31-22(27)28/h9-10,12-15H,1-8,23H2,(H2,24,36)(H,29,32)(H,33,39)(H,34,38)(H,35,37)(H,40,41)(H4,25,26,30)(H4,27,28,31). The number of aromatic amines is 1. The number of H-pyrrole nitrogens is 1. The molecule has 4 unspecified atom stereocenters. The zero-order valence-corrected chi connectivity index (χ0v) is 22.4. The van der Waals surface area contributed by atoms with Crippen molar-refractivity contribution in [1.82, 2.24) is 25.9 Å². The summed E-state index contributed by atoms with van der Waals surface area (Å²) >= 11 is 0. The molecule has 19 heteroatoms. The molecule has 1 heterocycles. The third-order valence-corrected chi connectivity index (χ3v) is 5.51. The van der Waals surface area contributed by atoms with Gasteiger partial charge >= 0.3 is 5.97 Å². The van der Waals surface area contributed by atoms with Gasteiger partial charge in [-0.2, -0.15) is 0 Å². The molecule has 1 aromatic rings. The number of amides is 4. The van der Waals surface area contributed by atoms with Crippen LogP contribution in [0.2, 0.25) is 0 Å². The summed E-state index contributed by atoms with van der Waals surface area (Å²) in [5.74, 6) is -4.86. The van der Waals surface area contributed by atoms with Crippen LogP contribution < -0.4 is 50.4 Å². The van der Waals surface area contributed by atoms with Crippen molar-refractivity contribution in [2.45, 2.75) is 62.7 Å². The van der Waals surface area contributed by atoms with Gasteiger partial charge in [0.05, 0.1) is 18.8 Å². The fourth-order valence-corrected chi connectivity index (χ4v) is 3.49. The molecule has 0 spiro atoms. The topological polar surface area (TPSA) is 351 Å². The summed E-state index contributed by atoms with van der Waals surface area (Å²) in [4.78, 5) is 76.2. The predicted molar refractivity (Wildman–Crippen MR) is 147 cm³/mol. The Labute approximate surface area is 235 Å². The Bertz CT molecular complexity index is 1080. The molecule has 0 aromatic carbocycles. The van der Waals surface area contributed by atoms with Gasteiger partial charge < -0.3 is 60.4 Å². The molecule has 0 aliphatic rings. The van der Waals surface area contributed by atoms with Crippen LogP contribution in [0.4, 0.5) is 0 Å². The van der Waals surface area contributed by atoms with E-state index in [9.17, 15) is 29.1 Å². The summed E-state index contributed by atoms with van der Waals surface area (Å²) in [6.07, 6.45) is 2.76. The monoisotopic (exact) mass is 581 g/mol. The molecular formula is C22H39N13O6. The number of nitrogens with zero attached hydrogens (tertiary/aromatic N) is 3. The highest BCUT2D eigenvalue weighted by Crippen LogP contribution is 2.06. The number of carboxylic acid groups (broad SMARTS) is 1. The minimum absolute atomic E-state index is 0.00276. The Morgan fingerprint density at radius 1 is 0.829 bits per heavy atom. The van der Waals surface area contributed by atoms with Crippen LogP contribution in [0.1, 0.15) is 37.8 Å². The number of carbonyl (C=O) groups is 5. The van der Waals surface area contributed by atoms with E-state index in [4.69, 9.17) is 34.4 Å². The average Bonchev–Trinajstić information content (AvgIpc) is 3.39. The van der Waals surface area contributed by atoms with Gasteiger partial charge in [0.1, 0.15) is 18.1 Å². The van der Waals surface area contributed by atoms with Crippen LogP contribution in [0.3, 0.4) is 0 Å². The van der Waals surface area contributed by atoms with E-state index in [0.29, 0.717) is 5.69 Å². The number of hydrogen-bond acceptors (Lipinski definition) is 9. The zero-order valence-electron chi connectivity index (χ0n) is 22.4. The van der Waals surface area contributed by atoms with Crippen molar-refractivity contribution in [2.75, 3.05) is 13.1 Å². The van der Waals surface area contributed by atoms with Crippen molar-refractivity contribution in [3.8, 4) is 0 Å². The number of aromatic nitrogens is 2. The molecule has 1 aromatic heterocycles. The van der Waals surface area contributed by atoms with Crippen LogP contribution in [-0.4, -0.2) is 93.8 Å². The van der Waals surface area contributed by atoms with Crippen molar-refractivity contribution in [3.05, 3.63) is 18.2 Å². The SMILES string of the molecule is NC(=O)CC(N)C(=O)NC(Cc1cnc[nH]1)C(=O)NC(CCCN=C(N)N)C(=O)NC(CCCN=C(N)N)C(=O)O. The molecule has 0 aliphatic carbocycles. The third-order valence-electron chi connectivity index (χ3n) is 5.51. The Kier molecular flexibility index (Phi) is 14.6. The lowest BCUT2D eigenvalue weighted by Gasteiger charge is -2.25. The van der Waals surface area contributed by atoms with Gasteiger partial charge in [-0.25, -0.2) is 9.78 Å². The molecule has 0 saturated heterocycles. The number of hydrogen-bond donors (Lipinski definition) is 11. The molecule has 0 bridgehead atoms.